The smallest absolute Gasteiger partial charge is 0.140 e. The van der Waals surface area contributed by atoms with Crippen molar-refractivity contribution in [2.24, 2.45) is 5.41 Å². The van der Waals surface area contributed by atoms with Crippen molar-refractivity contribution in [3.05, 3.63) is 12.7 Å². The quantitative estimate of drug-likeness (QED) is 0.698. The highest BCUT2D eigenvalue weighted by molar-refractivity contribution is 5.86. The Morgan fingerprint density at radius 1 is 1.18 bits per heavy atom. The number of rotatable bonds is 4. The van der Waals surface area contributed by atoms with Gasteiger partial charge in [0.2, 0.25) is 0 Å². The van der Waals surface area contributed by atoms with E-state index in [4.69, 9.17) is 0 Å². The van der Waals surface area contributed by atoms with Crippen LogP contribution in [0, 0.1) is 5.41 Å². The van der Waals surface area contributed by atoms with Crippen LogP contribution in [0.1, 0.15) is 51.4 Å². The molecule has 0 bridgehead atoms. The van der Waals surface area contributed by atoms with Gasteiger partial charge in [-0.1, -0.05) is 18.9 Å². The van der Waals surface area contributed by atoms with Crippen molar-refractivity contribution in [2.75, 3.05) is 19.6 Å². The molecule has 1 atom stereocenters. The largest absolute Gasteiger partial charge is 0.302 e. The zero-order valence-electron chi connectivity index (χ0n) is 10.9. The number of piperidine rings is 1. The molecule has 0 N–H and O–H groups in total. The molecule has 0 aromatic carbocycles. The van der Waals surface area contributed by atoms with Crippen LogP contribution in [-0.4, -0.2) is 30.3 Å². The monoisotopic (exact) mass is 235 g/mol. The van der Waals surface area contributed by atoms with Crippen LogP contribution in [0.25, 0.3) is 0 Å². The second-order valence-corrected chi connectivity index (χ2v) is 5.74. The number of Topliss-reactive ketones (excluding diaryl/α,β-unsaturated/α-hetero) is 1. The molecule has 1 heterocycles. The van der Waals surface area contributed by atoms with Gasteiger partial charge in [-0.05, 0) is 45.2 Å². The second kappa shape index (κ2) is 5.81. The van der Waals surface area contributed by atoms with Crippen molar-refractivity contribution in [3.63, 3.8) is 0 Å². The molecule has 0 aromatic heterocycles. The number of carbonyl (C=O) groups is 1. The van der Waals surface area contributed by atoms with E-state index >= 15 is 0 Å². The summed E-state index contributed by atoms with van der Waals surface area (Å²) in [6.07, 6.45) is 11.0. The molecule has 2 fully saturated rings. The van der Waals surface area contributed by atoms with Crippen molar-refractivity contribution in [1.82, 2.24) is 4.90 Å². The van der Waals surface area contributed by atoms with Gasteiger partial charge in [-0.2, -0.15) is 0 Å². The molecule has 0 amide bonds. The topological polar surface area (TPSA) is 20.3 Å². The maximum atomic E-state index is 12.3. The fourth-order valence-corrected chi connectivity index (χ4v) is 3.42. The summed E-state index contributed by atoms with van der Waals surface area (Å²) in [5.41, 5.74) is -0.0860. The summed E-state index contributed by atoms with van der Waals surface area (Å²) in [7, 11) is 0. The molecule has 0 radical (unpaired) electrons. The number of carbonyl (C=O) groups excluding carboxylic acids is 1. The fourth-order valence-electron chi connectivity index (χ4n) is 3.42. The first-order chi connectivity index (χ1) is 8.27. The van der Waals surface area contributed by atoms with Crippen molar-refractivity contribution in [1.29, 1.82) is 0 Å². The first kappa shape index (κ1) is 12.8. The lowest BCUT2D eigenvalue weighted by molar-refractivity contribution is -0.132. The van der Waals surface area contributed by atoms with E-state index < -0.39 is 0 Å². The average molecular weight is 235 g/mol. The summed E-state index contributed by atoms with van der Waals surface area (Å²) in [6.45, 7) is 7.21. The molecule has 0 spiro atoms. The molecule has 0 aromatic rings. The number of allylic oxidation sites excluding steroid dienone is 1. The van der Waals surface area contributed by atoms with Crippen LogP contribution in [0.5, 0.6) is 0 Å². The van der Waals surface area contributed by atoms with E-state index in [2.05, 4.69) is 11.5 Å². The van der Waals surface area contributed by atoms with E-state index in [1.807, 2.05) is 6.08 Å². The maximum Gasteiger partial charge on any atom is 0.140 e. The van der Waals surface area contributed by atoms with Gasteiger partial charge in [-0.15, -0.1) is 6.58 Å². The number of ketones is 1. The number of hydrogen-bond acceptors (Lipinski definition) is 2. The SMILES string of the molecule is C=CCC1(CN2CCCCC2)CCCCC1=O. The molecule has 1 saturated carbocycles. The molecule has 1 unspecified atom stereocenters. The Labute approximate surface area is 105 Å². The lowest BCUT2D eigenvalue weighted by atomic mass is 9.70. The van der Waals surface area contributed by atoms with E-state index in [-0.39, 0.29) is 5.41 Å². The normalized spacial score (nSPS) is 31.4. The maximum absolute atomic E-state index is 12.3. The molecule has 1 aliphatic carbocycles. The molecule has 2 nitrogen and oxygen atoms in total. The van der Waals surface area contributed by atoms with Crippen LogP contribution in [0.4, 0.5) is 0 Å². The standard InChI is InChI=1S/C15H25NO/c1-2-9-15(10-5-4-8-14(15)17)13-16-11-6-3-7-12-16/h2H,1,3-13H2. The van der Waals surface area contributed by atoms with Crippen LogP contribution >= 0.6 is 0 Å². The Balaban J connectivity index is 2.03. The third-order valence-electron chi connectivity index (χ3n) is 4.41. The van der Waals surface area contributed by atoms with Crippen LogP contribution in [0.2, 0.25) is 0 Å². The second-order valence-electron chi connectivity index (χ2n) is 5.74. The average Bonchev–Trinajstić information content (AvgIpc) is 2.35. The number of nitrogens with zero attached hydrogens (tertiary/aromatic N) is 1. The van der Waals surface area contributed by atoms with Gasteiger partial charge in [0, 0.05) is 18.4 Å². The van der Waals surface area contributed by atoms with E-state index in [1.54, 1.807) is 0 Å². The fraction of sp³-hybridized carbons (Fsp3) is 0.800. The van der Waals surface area contributed by atoms with E-state index in [0.717, 1.165) is 32.2 Å². The van der Waals surface area contributed by atoms with Crippen molar-refractivity contribution < 1.29 is 4.79 Å². The zero-order valence-corrected chi connectivity index (χ0v) is 10.9. The number of likely N-dealkylation sites (tertiary alicyclic amines) is 1. The van der Waals surface area contributed by atoms with E-state index in [9.17, 15) is 4.79 Å². The zero-order chi connectivity index (χ0) is 12.1. The van der Waals surface area contributed by atoms with Gasteiger partial charge < -0.3 is 4.90 Å². The third kappa shape index (κ3) is 2.98. The summed E-state index contributed by atoms with van der Waals surface area (Å²) in [5.74, 6) is 0.495. The Morgan fingerprint density at radius 3 is 2.59 bits per heavy atom. The highest BCUT2D eigenvalue weighted by Gasteiger charge is 2.39. The van der Waals surface area contributed by atoms with Gasteiger partial charge in [-0.3, -0.25) is 4.79 Å². The highest BCUT2D eigenvalue weighted by Crippen LogP contribution is 2.38. The Morgan fingerprint density at radius 2 is 1.94 bits per heavy atom. The predicted octanol–water partition coefficient (Wildman–Crippen LogP) is 3.18. The first-order valence-electron chi connectivity index (χ1n) is 7.13. The molecule has 2 heteroatoms. The lowest BCUT2D eigenvalue weighted by Crippen LogP contribution is -2.46. The van der Waals surface area contributed by atoms with Gasteiger partial charge in [0.25, 0.3) is 0 Å². The minimum absolute atomic E-state index is 0.0860. The van der Waals surface area contributed by atoms with Gasteiger partial charge in [-0.25, -0.2) is 0 Å². The molecule has 17 heavy (non-hydrogen) atoms. The van der Waals surface area contributed by atoms with Crippen molar-refractivity contribution >= 4 is 5.78 Å². The minimum Gasteiger partial charge on any atom is -0.302 e. The van der Waals surface area contributed by atoms with Gasteiger partial charge in [0.15, 0.2) is 0 Å². The summed E-state index contributed by atoms with van der Waals surface area (Å²) >= 11 is 0. The van der Waals surface area contributed by atoms with E-state index in [0.29, 0.717) is 5.78 Å². The third-order valence-corrected chi connectivity index (χ3v) is 4.41. The van der Waals surface area contributed by atoms with Crippen LogP contribution in [-0.2, 0) is 4.79 Å². The van der Waals surface area contributed by atoms with Gasteiger partial charge >= 0.3 is 0 Å². The molecule has 2 aliphatic rings. The van der Waals surface area contributed by atoms with Crippen molar-refractivity contribution in [2.45, 2.75) is 51.4 Å². The summed E-state index contributed by atoms with van der Waals surface area (Å²) in [4.78, 5) is 14.8. The van der Waals surface area contributed by atoms with Crippen molar-refractivity contribution in [3.8, 4) is 0 Å². The summed E-state index contributed by atoms with van der Waals surface area (Å²) in [6, 6.07) is 0. The summed E-state index contributed by atoms with van der Waals surface area (Å²) in [5, 5.41) is 0. The Bertz CT molecular complexity index is 281. The molecule has 1 saturated heterocycles. The van der Waals surface area contributed by atoms with Gasteiger partial charge in [0.05, 0.1) is 0 Å². The van der Waals surface area contributed by atoms with E-state index in [1.165, 1.54) is 38.8 Å². The summed E-state index contributed by atoms with van der Waals surface area (Å²) < 4.78 is 0. The highest BCUT2D eigenvalue weighted by atomic mass is 16.1. The molecular formula is C15H25NO. The number of hydrogen-bond donors (Lipinski definition) is 0. The Kier molecular flexibility index (Phi) is 4.38. The molecule has 1 aliphatic heterocycles. The molecular weight excluding hydrogens is 210 g/mol. The Hall–Kier alpha value is -0.630. The van der Waals surface area contributed by atoms with Crippen LogP contribution < -0.4 is 0 Å². The molecule has 2 rings (SSSR count). The minimum atomic E-state index is -0.0860. The first-order valence-corrected chi connectivity index (χ1v) is 7.13. The van der Waals surface area contributed by atoms with Crippen LogP contribution in [0.15, 0.2) is 12.7 Å². The van der Waals surface area contributed by atoms with Crippen LogP contribution in [0.3, 0.4) is 0 Å². The van der Waals surface area contributed by atoms with Gasteiger partial charge in [0.1, 0.15) is 5.78 Å². The predicted molar refractivity (Wildman–Crippen MR) is 71.0 cm³/mol. The molecule has 96 valence electrons. The lowest BCUT2D eigenvalue weighted by Gasteiger charge is -2.40.